The number of hydrogen-bond acceptors (Lipinski definition) is 2. The van der Waals surface area contributed by atoms with Crippen LogP contribution in [-0.2, 0) is 0 Å². The molecule has 0 atom stereocenters. The van der Waals surface area contributed by atoms with Crippen molar-refractivity contribution in [3.63, 3.8) is 0 Å². The average Bonchev–Trinajstić information content (AvgIpc) is 1.93. The number of amides is 2. The number of pyridine rings is 1. The summed E-state index contributed by atoms with van der Waals surface area (Å²) in [5, 5.41) is 2.71. The number of nitrogens with two attached hydrogens (primary N) is 1. The maximum absolute atomic E-state index is 10.4. The largest absolute Gasteiger partial charge is 0.351 e. The van der Waals surface area contributed by atoms with Crippen molar-refractivity contribution in [2.24, 2.45) is 5.73 Å². The summed E-state index contributed by atoms with van der Waals surface area (Å²) in [5.41, 5.74) is 5.33. The van der Waals surface area contributed by atoms with Crippen LogP contribution in [0.5, 0.6) is 0 Å². The van der Waals surface area contributed by atoms with Gasteiger partial charge in [-0.15, -0.1) is 0 Å². The predicted molar refractivity (Wildman–Crippen MR) is 42.5 cm³/mol. The highest BCUT2D eigenvalue weighted by atomic mass is 35.5. The van der Waals surface area contributed by atoms with Gasteiger partial charge >= 0.3 is 6.03 Å². The highest BCUT2D eigenvalue weighted by Gasteiger charge is 1.99. The van der Waals surface area contributed by atoms with Crippen LogP contribution >= 0.6 is 11.6 Å². The van der Waals surface area contributed by atoms with Gasteiger partial charge in [-0.05, 0) is 6.07 Å². The van der Waals surface area contributed by atoms with Crippen molar-refractivity contribution in [3.05, 3.63) is 23.5 Å². The van der Waals surface area contributed by atoms with Crippen molar-refractivity contribution in [2.75, 3.05) is 5.32 Å². The van der Waals surface area contributed by atoms with E-state index in [1.807, 2.05) is 0 Å². The number of primary amides is 1. The van der Waals surface area contributed by atoms with Gasteiger partial charge in [0.15, 0.2) is 0 Å². The van der Waals surface area contributed by atoms with Gasteiger partial charge in [-0.25, -0.2) is 4.79 Å². The zero-order valence-corrected chi connectivity index (χ0v) is 6.30. The van der Waals surface area contributed by atoms with Gasteiger partial charge in [-0.1, -0.05) is 11.6 Å². The Kier molecular flexibility index (Phi) is 2.28. The predicted octanol–water partition coefficient (Wildman–Crippen LogP) is 1.23. The molecule has 5 heteroatoms. The van der Waals surface area contributed by atoms with E-state index in [1.165, 1.54) is 12.4 Å². The standard InChI is InChI=1S/C6H6ClN3O/c7-4-3-9-2-1-5(4)10-6(8)11/h1-3H,(H3,8,9,10,11). The van der Waals surface area contributed by atoms with Gasteiger partial charge in [0.1, 0.15) is 0 Å². The summed E-state index contributed by atoms with van der Waals surface area (Å²) < 4.78 is 0. The minimum Gasteiger partial charge on any atom is -0.351 e. The Labute approximate surface area is 68.4 Å². The number of carbonyl (C=O) groups is 1. The Morgan fingerprint density at radius 2 is 2.45 bits per heavy atom. The lowest BCUT2D eigenvalue weighted by Crippen LogP contribution is -2.19. The molecule has 0 bridgehead atoms. The summed E-state index contributed by atoms with van der Waals surface area (Å²) in [6.45, 7) is 0. The van der Waals surface area contributed by atoms with E-state index in [-0.39, 0.29) is 0 Å². The molecule has 1 heterocycles. The molecule has 3 N–H and O–H groups in total. The molecule has 1 rings (SSSR count). The maximum Gasteiger partial charge on any atom is 0.316 e. The van der Waals surface area contributed by atoms with E-state index < -0.39 is 6.03 Å². The van der Waals surface area contributed by atoms with Crippen molar-refractivity contribution in [1.29, 1.82) is 0 Å². The minimum atomic E-state index is -0.641. The molecule has 4 nitrogen and oxygen atoms in total. The Morgan fingerprint density at radius 3 is 3.00 bits per heavy atom. The van der Waals surface area contributed by atoms with Crippen molar-refractivity contribution in [2.45, 2.75) is 0 Å². The molecule has 0 aromatic carbocycles. The number of urea groups is 1. The van der Waals surface area contributed by atoms with Crippen LogP contribution in [-0.4, -0.2) is 11.0 Å². The Morgan fingerprint density at radius 1 is 1.73 bits per heavy atom. The molecule has 0 spiro atoms. The van der Waals surface area contributed by atoms with Crippen molar-refractivity contribution >= 4 is 23.3 Å². The molecule has 0 saturated carbocycles. The molecule has 2 amide bonds. The van der Waals surface area contributed by atoms with Gasteiger partial charge in [0.05, 0.1) is 10.7 Å². The lowest BCUT2D eigenvalue weighted by atomic mass is 10.4. The third-order valence-corrected chi connectivity index (χ3v) is 1.33. The average molecular weight is 172 g/mol. The van der Waals surface area contributed by atoms with Gasteiger partial charge in [-0.3, -0.25) is 4.98 Å². The third-order valence-electron chi connectivity index (χ3n) is 1.03. The van der Waals surface area contributed by atoms with Crippen molar-refractivity contribution < 1.29 is 4.79 Å². The second-order valence-electron chi connectivity index (χ2n) is 1.84. The molecule has 1 aromatic rings. The van der Waals surface area contributed by atoms with Gasteiger partial charge < -0.3 is 11.1 Å². The molecule has 11 heavy (non-hydrogen) atoms. The molecule has 0 saturated heterocycles. The molecule has 0 aliphatic carbocycles. The smallest absolute Gasteiger partial charge is 0.316 e. The van der Waals surface area contributed by atoms with Crippen molar-refractivity contribution in [1.82, 2.24) is 4.98 Å². The number of nitrogens with zero attached hydrogens (tertiary/aromatic N) is 1. The van der Waals surface area contributed by atoms with Crippen LogP contribution in [0.25, 0.3) is 0 Å². The molecule has 0 aliphatic heterocycles. The topological polar surface area (TPSA) is 68.0 Å². The molecular formula is C6H6ClN3O. The molecule has 0 aliphatic rings. The molecule has 0 fully saturated rings. The van der Waals surface area contributed by atoms with Crippen LogP contribution < -0.4 is 11.1 Å². The fourth-order valence-corrected chi connectivity index (χ4v) is 0.776. The van der Waals surface area contributed by atoms with Gasteiger partial charge in [-0.2, -0.15) is 0 Å². The SMILES string of the molecule is NC(=O)Nc1ccncc1Cl. The maximum atomic E-state index is 10.4. The highest BCUT2D eigenvalue weighted by Crippen LogP contribution is 2.18. The number of carbonyl (C=O) groups excluding carboxylic acids is 1. The van der Waals surface area contributed by atoms with E-state index in [1.54, 1.807) is 6.07 Å². The molecular weight excluding hydrogens is 166 g/mol. The lowest BCUT2D eigenvalue weighted by molar-refractivity contribution is 0.259. The molecule has 0 unspecified atom stereocenters. The summed E-state index contributed by atoms with van der Waals surface area (Å²) in [6, 6.07) is 0.922. The van der Waals surface area contributed by atoms with E-state index in [0.29, 0.717) is 10.7 Å². The second kappa shape index (κ2) is 3.21. The second-order valence-corrected chi connectivity index (χ2v) is 2.25. The fourth-order valence-electron chi connectivity index (χ4n) is 0.609. The lowest BCUT2D eigenvalue weighted by Gasteiger charge is -2.01. The number of halogens is 1. The summed E-state index contributed by atoms with van der Waals surface area (Å²) >= 11 is 5.64. The molecule has 0 radical (unpaired) electrons. The summed E-state index contributed by atoms with van der Waals surface area (Å²) in [7, 11) is 0. The van der Waals surface area contributed by atoms with E-state index in [0.717, 1.165) is 0 Å². The van der Waals surface area contributed by atoms with Crippen LogP contribution in [0.3, 0.4) is 0 Å². The fraction of sp³-hybridized carbons (Fsp3) is 0. The monoisotopic (exact) mass is 171 g/mol. The summed E-state index contributed by atoms with van der Waals surface area (Å²) in [4.78, 5) is 14.1. The van der Waals surface area contributed by atoms with Crippen LogP contribution in [0.2, 0.25) is 5.02 Å². The molecule has 58 valence electrons. The zero-order chi connectivity index (χ0) is 8.27. The first-order chi connectivity index (χ1) is 5.20. The Balaban J connectivity index is 2.86. The zero-order valence-electron chi connectivity index (χ0n) is 5.54. The van der Waals surface area contributed by atoms with E-state index in [2.05, 4.69) is 10.3 Å². The van der Waals surface area contributed by atoms with E-state index in [9.17, 15) is 4.79 Å². The van der Waals surface area contributed by atoms with Gasteiger partial charge in [0.25, 0.3) is 0 Å². The van der Waals surface area contributed by atoms with Crippen LogP contribution in [0.1, 0.15) is 0 Å². The Bertz CT molecular complexity index is 276. The quantitative estimate of drug-likeness (QED) is 0.667. The third kappa shape index (κ3) is 2.09. The summed E-state index contributed by atoms with van der Waals surface area (Å²) in [6.07, 6.45) is 2.93. The first kappa shape index (κ1) is 7.81. The number of nitrogens with one attached hydrogen (secondary N) is 1. The van der Waals surface area contributed by atoms with E-state index >= 15 is 0 Å². The number of hydrogen-bond donors (Lipinski definition) is 2. The first-order valence-corrected chi connectivity index (χ1v) is 3.24. The normalized spacial score (nSPS) is 9.18. The number of rotatable bonds is 1. The van der Waals surface area contributed by atoms with Crippen LogP contribution in [0.15, 0.2) is 18.5 Å². The van der Waals surface area contributed by atoms with Crippen LogP contribution in [0, 0.1) is 0 Å². The van der Waals surface area contributed by atoms with E-state index in [4.69, 9.17) is 17.3 Å². The summed E-state index contributed by atoms with van der Waals surface area (Å²) in [5.74, 6) is 0. The number of anilines is 1. The van der Waals surface area contributed by atoms with Crippen molar-refractivity contribution in [3.8, 4) is 0 Å². The van der Waals surface area contributed by atoms with Gasteiger partial charge in [0, 0.05) is 12.4 Å². The van der Waals surface area contributed by atoms with Gasteiger partial charge in [0.2, 0.25) is 0 Å². The minimum absolute atomic E-state index is 0.367. The Hall–Kier alpha value is -1.29. The highest BCUT2D eigenvalue weighted by molar-refractivity contribution is 6.33. The van der Waals surface area contributed by atoms with Crippen LogP contribution in [0.4, 0.5) is 10.5 Å². The number of aromatic nitrogens is 1. The molecule has 1 aromatic heterocycles. The first-order valence-electron chi connectivity index (χ1n) is 2.86.